The maximum atomic E-state index is 14.8. The molecule has 0 unspecified atom stereocenters. The van der Waals surface area contributed by atoms with Gasteiger partial charge in [0.1, 0.15) is 6.33 Å². The molecular weight excluding hydrogens is 587 g/mol. The van der Waals surface area contributed by atoms with E-state index >= 15 is 0 Å². The van der Waals surface area contributed by atoms with Gasteiger partial charge in [-0.15, -0.1) is 0 Å². The fraction of sp³-hybridized carbons (Fsp3) is 0. The zero-order valence-electron chi connectivity index (χ0n) is 24.5. The highest BCUT2D eigenvalue weighted by molar-refractivity contribution is 7.85. The summed E-state index contributed by atoms with van der Waals surface area (Å²) in [6.07, 6.45) is 1.53. The van der Waals surface area contributed by atoms with Crippen LogP contribution in [-0.2, 0) is 4.57 Å². The molecule has 7 heteroatoms. The van der Waals surface area contributed by atoms with Crippen molar-refractivity contribution in [3.63, 3.8) is 0 Å². The molecule has 46 heavy (non-hydrogen) atoms. The van der Waals surface area contributed by atoms with Crippen molar-refractivity contribution >= 4 is 44.9 Å². The highest BCUT2D eigenvalue weighted by atomic mass is 31.2. The first-order chi connectivity index (χ1) is 22.7. The Labute approximate surface area is 265 Å². The van der Waals surface area contributed by atoms with Gasteiger partial charge >= 0.3 is 0 Å². The van der Waals surface area contributed by atoms with Gasteiger partial charge in [0, 0.05) is 37.8 Å². The molecule has 0 fully saturated rings. The Morgan fingerprint density at radius 1 is 0.543 bits per heavy atom. The third-order valence-electron chi connectivity index (χ3n) is 8.64. The molecule has 6 aromatic carbocycles. The number of hydrogen-bond donors (Lipinski definition) is 0. The van der Waals surface area contributed by atoms with Gasteiger partial charge in [0.2, 0.25) is 0 Å². The fourth-order valence-corrected chi connectivity index (χ4v) is 9.12. The molecule has 0 saturated heterocycles. The summed E-state index contributed by atoms with van der Waals surface area (Å²) in [7, 11) is -3.08. The molecule has 0 bridgehead atoms. The molecule has 1 aliphatic rings. The number of ether oxygens (including phenoxy) is 1. The van der Waals surface area contributed by atoms with Gasteiger partial charge in [-0.25, -0.2) is 15.0 Å². The van der Waals surface area contributed by atoms with E-state index in [1.165, 1.54) is 17.1 Å². The summed E-state index contributed by atoms with van der Waals surface area (Å²) >= 11 is 0. The van der Waals surface area contributed by atoms with Gasteiger partial charge in [-0.3, -0.25) is 0 Å². The Morgan fingerprint density at radius 3 is 1.89 bits per heavy atom. The van der Waals surface area contributed by atoms with E-state index < -0.39 is 7.14 Å². The molecule has 1 aliphatic heterocycles. The first kappa shape index (κ1) is 26.6. The van der Waals surface area contributed by atoms with Crippen molar-refractivity contribution in [3.05, 3.63) is 152 Å². The van der Waals surface area contributed by atoms with E-state index in [0.29, 0.717) is 11.6 Å². The average Bonchev–Trinajstić information content (AvgIpc) is 3.48. The minimum Gasteiger partial charge on any atom is -0.453 e. The normalized spacial score (nSPS) is 12.2. The molecule has 8 aromatic rings. The number of rotatable bonds is 5. The topological polar surface area (TPSA) is 69.9 Å². The van der Waals surface area contributed by atoms with Crippen molar-refractivity contribution in [1.82, 2.24) is 19.5 Å². The number of nitrogens with zero attached hydrogens (tertiary/aromatic N) is 4. The lowest BCUT2D eigenvalue weighted by molar-refractivity contribution is 0.476. The molecule has 0 radical (unpaired) electrons. The summed E-state index contributed by atoms with van der Waals surface area (Å²) in [5, 5.41) is 4.70. The minimum absolute atomic E-state index is 0.535. The van der Waals surface area contributed by atoms with Gasteiger partial charge in [0.25, 0.3) is 0 Å². The predicted molar refractivity (Wildman–Crippen MR) is 185 cm³/mol. The van der Waals surface area contributed by atoms with E-state index in [0.717, 1.165) is 55.3 Å². The molecule has 0 atom stereocenters. The molecule has 3 heterocycles. The van der Waals surface area contributed by atoms with Crippen molar-refractivity contribution in [3.8, 4) is 40.0 Å². The number of fused-ring (bicyclic) bond motifs is 5. The molecule has 0 spiro atoms. The average molecular weight is 613 g/mol. The lowest BCUT2D eigenvalue weighted by Gasteiger charge is -2.21. The van der Waals surface area contributed by atoms with Gasteiger partial charge in [-0.05, 0) is 30.3 Å². The second-order valence-corrected chi connectivity index (χ2v) is 14.0. The Morgan fingerprint density at radius 2 is 1.15 bits per heavy atom. The number of benzene rings is 6. The van der Waals surface area contributed by atoms with Crippen molar-refractivity contribution < 1.29 is 9.30 Å². The molecule has 0 saturated carbocycles. The summed E-state index contributed by atoms with van der Waals surface area (Å²) in [5.74, 6) is 2.63. The van der Waals surface area contributed by atoms with Crippen LogP contribution in [0.4, 0.5) is 0 Å². The Bertz CT molecular complexity index is 2430. The zero-order chi connectivity index (χ0) is 30.7. The lowest BCUT2D eigenvalue weighted by atomic mass is 10.1. The molecule has 0 amide bonds. The van der Waals surface area contributed by atoms with Crippen molar-refractivity contribution in [1.29, 1.82) is 0 Å². The highest BCUT2D eigenvalue weighted by Gasteiger charge is 2.29. The second-order valence-electron chi connectivity index (χ2n) is 11.2. The van der Waals surface area contributed by atoms with E-state index in [2.05, 4.69) is 50.9 Å². The van der Waals surface area contributed by atoms with Gasteiger partial charge < -0.3 is 13.9 Å². The maximum Gasteiger partial charge on any atom is 0.171 e. The van der Waals surface area contributed by atoms with Crippen molar-refractivity contribution in [2.75, 3.05) is 0 Å². The summed E-state index contributed by atoms with van der Waals surface area (Å²) < 4.78 is 23.5. The van der Waals surface area contributed by atoms with Crippen LogP contribution in [0, 0.1) is 0 Å². The second kappa shape index (κ2) is 10.4. The van der Waals surface area contributed by atoms with E-state index in [4.69, 9.17) is 9.72 Å². The molecule has 2 aromatic heterocycles. The van der Waals surface area contributed by atoms with Crippen molar-refractivity contribution in [2.24, 2.45) is 0 Å². The molecule has 6 nitrogen and oxygen atoms in total. The van der Waals surface area contributed by atoms with Crippen LogP contribution < -0.4 is 20.7 Å². The fourth-order valence-electron chi connectivity index (χ4n) is 6.48. The molecule has 0 N–H and O–H groups in total. The van der Waals surface area contributed by atoms with E-state index in [1.807, 2.05) is 109 Å². The molecular formula is C39H25N4O2P. The smallest absolute Gasteiger partial charge is 0.171 e. The predicted octanol–water partition coefficient (Wildman–Crippen LogP) is 8.05. The van der Waals surface area contributed by atoms with E-state index in [1.54, 1.807) is 0 Å². The summed E-state index contributed by atoms with van der Waals surface area (Å²) in [4.78, 5) is 13.8. The van der Waals surface area contributed by atoms with Crippen LogP contribution in [-0.4, -0.2) is 19.5 Å². The largest absolute Gasteiger partial charge is 0.453 e. The Hall–Kier alpha value is -5.84. The number of hydrogen-bond acceptors (Lipinski definition) is 5. The quantitative estimate of drug-likeness (QED) is 0.184. The van der Waals surface area contributed by atoms with E-state index in [9.17, 15) is 4.57 Å². The van der Waals surface area contributed by atoms with Crippen LogP contribution in [0.25, 0.3) is 50.3 Å². The van der Waals surface area contributed by atoms with Crippen LogP contribution in [0.15, 0.2) is 152 Å². The zero-order valence-corrected chi connectivity index (χ0v) is 25.4. The van der Waals surface area contributed by atoms with Crippen LogP contribution in [0.2, 0.25) is 0 Å². The minimum atomic E-state index is -3.08. The van der Waals surface area contributed by atoms with E-state index in [-0.39, 0.29) is 0 Å². The Balaban J connectivity index is 1.09. The first-order valence-electron chi connectivity index (χ1n) is 15.0. The van der Waals surface area contributed by atoms with Crippen LogP contribution in [0.1, 0.15) is 0 Å². The standard InChI is InChI=1S/C39H25N4O2P/c44-46(28-10-3-1-4-11-28,29-12-5-2-6-13-29)30-21-18-26(19-22-30)38-40-25-41-39(42-38)27-20-23-34-36(24-27)45-35-17-9-15-32-31-14-7-8-16-33(31)43(34)37(32)35/h1-25H. The molecule has 0 aliphatic carbocycles. The Kier molecular flexibility index (Phi) is 5.99. The highest BCUT2D eigenvalue weighted by Crippen LogP contribution is 2.46. The molecule has 9 rings (SSSR count). The van der Waals surface area contributed by atoms with Gasteiger partial charge in [-0.1, -0.05) is 115 Å². The number of para-hydroxylation sites is 2. The summed E-state index contributed by atoms with van der Waals surface area (Å²) in [6.45, 7) is 0. The lowest BCUT2D eigenvalue weighted by Crippen LogP contribution is -2.24. The maximum absolute atomic E-state index is 14.8. The van der Waals surface area contributed by atoms with Crippen LogP contribution in [0.5, 0.6) is 11.5 Å². The number of aromatic nitrogens is 4. The third kappa shape index (κ3) is 4.04. The van der Waals surface area contributed by atoms with Gasteiger partial charge in [-0.2, -0.15) is 0 Å². The SMILES string of the molecule is O=P(c1ccccc1)(c1ccccc1)c1ccc(-c2ncnc(-c3ccc4c(c3)Oc3cccc5c6ccccc6n-4c35)n2)cc1. The van der Waals surface area contributed by atoms with Gasteiger partial charge in [0.05, 0.1) is 16.7 Å². The monoisotopic (exact) mass is 612 g/mol. The van der Waals surface area contributed by atoms with Gasteiger partial charge in [0.15, 0.2) is 30.3 Å². The van der Waals surface area contributed by atoms with Crippen LogP contribution in [0.3, 0.4) is 0 Å². The molecule has 218 valence electrons. The summed E-state index contributed by atoms with van der Waals surface area (Å²) in [5.41, 5.74) is 4.81. The summed E-state index contributed by atoms with van der Waals surface area (Å²) in [6, 6.07) is 47.7. The van der Waals surface area contributed by atoms with Crippen molar-refractivity contribution in [2.45, 2.75) is 0 Å². The first-order valence-corrected chi connectivity index (χ1v) is 16.8. The van der Waals surface area contributed by atoms with Crippen LogP contribution >= 0.6 is 7.14 Å². The third-order valence-corrected chi connectivity index (χ3v) is 11.7.